The van der Waals surface area contributed by atoms with E-state index in [2.05, 4.69) is 46.7 Å². The topological polar surface area (TPSA) is 59.8 Å². The Morgan fingerprint density at radius 2 is 1.76 bits per heavy atom. The second-order valence-electron chi connectivity index (χ2n) is 7.65. The number of nitrogens with one attached hydrogen (secondary N) is 1. The first-order valence-electron chi connectivity index (χ1n) is 10.3. The highest BCUT2D eigenvalue weighted by Gasteiger charge is 2.17. The molecule has 4 aromatic rings. The molecule has 0 unspecified atom stereocenters. The number of aryl methyl sites for hydroxylation is 2. The molecule has 0 saturated carbocycles. The van der Waals surface area contributed by atoms with Gasteiger partial charge in [-0.15, -0.1) is 10.2 Å². The zero-order valence-electron chi connectivity index (χ0n) is 18.2. The van der Waals surface area contributed by atoms with Crippen molar-refractivity contribution in [3.63, 3.8) is 0 Å². The van der Waals surface area contributed by atoms with E-state index >= 15 is 0 Å². The fourth-order valence-electron chi connectivity index (χ4n) is 3.34. The van der Waals surface area contributed by atoms with Gasteiger partial charge in [-0.2, -0.15) is 0 Å². The number of rotatable bonds is 7. The lowest BCUT2D eigenvalue weighted by molar-refractivity contribution is 0.0950. The molecule has 0 aliphatic carbocycles. The minimum absolute atomic E-state index is 0.198. The number of hydrogen-bond acceptors (Lipinski definition) is 4. The van der Waals surface area contributed by atoms with E-state index in [9.17, 15) is 4.79 Å². The average Bonchev–Trinajstić information content (AvgIpc) is 3.19. The van der Waals surface area contributed by atoms with Gasteiger partial charge in [0.15, 0.2) is 11.0 Å². The SMILES string of the molecule is Cc1ccc(-n2c(CNC(=O)c3ccc(Cl)cc3Cl)nnc2SCc2cccc(C)c2)cc1. The van der Waals surface area contributed by atoms with Crippen LogP contribution in [0.15, 0.2) is 71.9 Å². The van der Waals surface area contributed by atoms with Crippen LogP contribution >= 0.6 is 35.0 Å². The van der Waals surface area contributed by atoms with Crippen LogP contribution in [-0.4, -0.2) is 20.7 Å². The standard InChI is InChI=1S/C25H22Cl2N4OS/c1-16-6-9-20(10-7-16)31-23(14-28-24(32)21-11-8-19(26)13-22(21)27)29-30-25(31)33-15-18-5-3-4-17(2)12-18/h3-13H,14-15H2,1-2H3,(H,28,32). The highest BCUT2D eigenvalue weighted by atomic mass is 35.5. The van der Waals surface area contributed by atoms with E-state index < -0.39 is 0 Å². The first-order chi connectivity index (χ1) is 15.9. The number of hydrogen-bond donors (Lipinski definition) is 1. The molecule has 3 aromatic carbocycles. The molecule has 0 fully saturated rings. The van der Waals surface area contributed by atoms with Crippen LogP contribution in [0, 0.1) is 13.8 Å². The molecule has 0 radical (unpaired) electrons. The molecular weight excluding hydrogens is 475 g/mol. The van der Waals surface area contributed by atoms with E-state index in [1.54, 1.807) is 30.0 Å². The molecule has 0 atom stereocenters. The lowest BCUT2D eigenvalue weighted by atomic mass is 10.2. The first-order valence-corrected chi connectivity index (χ1v) is 12.1. The van der Waals surface area contributed by atoms with Crippen LogP contribution in [0.1, 0.15) is 32.9 Å². The fraction of sp³-hybridized carbons (Fsp3) is 0.160. The predicted octanol–water partition coefficient (Wildman–Crippen LogP) is 6.41. The molecule has 0 spiro atoms. The Balaban J connectivity index is 1.57. The van der Waals surface area contributed by atoms with E-state index in [0.717, 1.165) is 22.2 Å². The second kappa shape index (κ2) is 10.4. The van der Waals surface area contributed by atoms with Gasteiger partial charge in [0.2, 0.25) is 0 Å². The van der Waals surface area contributed by atoms with Gasteiger partial charge in [0.1, 0.15) is 0 Å². The summed E-state index contributed by atoms with van der Waals surface area (Å²) in [4.78, 5) is 12.7. The summed E-state index contributed by atoms with van der Waals surface area (Å²) in [5.41, 5.74) is 4.89. The van der Waals surface area contributed by atoms with Crippen LogP contribution in [0.3, 0.4) is 0 Å². The second-order valence-corrected chi connectivity index (χ2v) is 9.44. The monoisotopic (exact) mass is 496 g/mol. The highest BCUT2D eigenvalue weighted by molar-refractivity contribution is 7.98. The predicted molar refractivity (Wildman–Crippen MR) is 134 cm³/mol. The minimum atomic E-state index is -0.302. The summed E-state index contributed by atoms with van der Waals surface area (Å²) < 4.78 is 1.98. The molecule has 168 valence electrons. The summed E-state index contributed by atoms with van der Waals surface area (Å²) in [5.74, 6) is 1.09. The van der Waals surface area contributed by atoms with Crippen LogP contribution in [0.4, 0.5) is 0 Å². The fourth-order valence-corrected chi connectivity index (χ4v) is 4.75. The zero-order valence-corrected chi connectivity index (χ0v) is 20.5. The van der Waals surface area contributed by atoms with Crippen molar-refractivity contribution in [2.45, 2.75) is 31.3 Å². The van der Waals surface area contributed by atoms with Crippen LogP contribution < -0.4 is 5.32 Å². The van der Waals surface area contributed by atoms with Gasteiger partial charge < -0.3 is 5.32 Å². The van der Waals surface area contributed by atoms with Crippen LogP contribution in [0.5, 0.6) is 0 Å². The van der Waals surface area contributed by atoms with Gasteiger partial charge in [0, 0.05) is 16.5 Å². The van der Waals surface area contributed by atoms with Crippen molar-refractivity contribution >= 4 is 40.9 Å². The summed E-state index contributed by atoms with van der Waals surface area (Å²) in [6.07, 6.45) is 0. The normalized spacial score (nSPS) is 10.9. The van der Waals surface area contributed by atoms with E-state index in [1.165, 1.54) is 11.1 Å². The van der Waals surface area contributed by atoms with Crippen LogP contribution in [0.25, 0.3) is 5.69 Å². The molecule has 8 heteroatoms. The Kier molecular flexibility index (Phi) is 7.38. The van der Waals surface area contributed by atoms with E-state index in [4.69, 9.17) is 23.2 Å². The summed E-state index contributed by atoms with van der Waals surface area (Å²) in [5, 5.41) is 13.2. The number of benzene rings is 3. The Labute approximate surface area is 207 Å². The van der Waals surface area contributed by atoms with Crippen molar-refractivity contribution in [1.29, 1.82) is 0 Å². The third kappa shape index (κ3) is 5.77. The average molecular weight is 497 g/mol. The zero-order chi connectivity index (χ0) is 23.4. The molecule has 5 nitrogen and oxygen atoms in total. The van der Waals surface area contributed by atoms with Crippen LogP contribution in [0.2, 0.25) is 10.0 Å². The Morgan fingerprint density at radius 1 is 0.970 bits per heavy atom. The summed E-state index contributed by atoms with van der Waals surface area (Å²) in [6, 6.07) is 21.3. The molecule has 1 aromatic heterocycles. The van der Waals surface area contributed by atoms with Gasteiger partial charge in [-0.3, -0.25) is 9.36 Å². The van der Waals surface area contributed by atoms with Crippen molar-refractivity contribution in [2.24, 2.45) is 0 Å². The molecule has 33 heavy (non-hydrogen) atoms. The molecule has 1 heterocycles. The maximum Gasteiger partial charge on any atom is 0.253 e. The molecule has 0 aliphatic heterocycles. The van der Waals surface area contributed by atoms with E-state index in [0.29, 0.717) is 21.4 Å². The lowest BCUT2D eigenvalue weighted by Gasteiger charge is -2.12. The Bertz CT molecular complexity index is 1290. The molecule has 1 amide bonds. The molecule has 0 saturated heterocycles. The van der Waals surface area contributed by atoms with Crippen LogP contribution in [-0.2, 0) is 12.3 Å². The third-order valence-electron chi connectivity index (χ3n) is 5.03. The van der Waals surface area contributed by atoms with Crippen molar-refractivity contribution in [1.82, 2.24) is 20.1 Å². The molecule has 0 aliphatic rings. The van der Waals surface area contributed by atoms with Gasteiger partial charge in [0.05, 0.1) is 17.1 Å². The molecule has 1 N–H and O–H groups in total. The molecule has 4 rings (SSSR count). The van der Waals surface area contributed by atoms with E-state index in [-0.39, 0.29) is 12.5 Å². The quantitative estimate of drug-likeness (QED) is 0.300. The number of amides is 1. The minimum Gasteiger partial charge on any atom is -0.345 e. The Morgan fingerprint density at radius 3 is 2.48 bits per heavy atom. The van der Waals surface area contributed by atoms with Crippen molar-refractivity contribution < 1.29 is 4.79 Å². The summed E-state index contributed by atoms with van der Waals surface area (Å²) in [6.45, 7) is 4.32. The van der Waals surface area contributed by atoms with Crippen molar-refractivity contribution in [3.05, 3.63) is 105 Å². The number of aromatic nitrogens is 3. The van der Waals surface area contributed by atoms with Gasteiger partial charge in [-0.1, -0.05) is 82.5 Å². The lowest BCUT2D eigenvalue weighted by Crippen LogP contribution is -2.25. The highest BCUT2D eigenvalue weighted by Crippen LogP contribution is 2.26. The maximum atomic E-state index is 12.7. The number of thioether (sulfide) groups is 1. The number of nitrogens with zero attached hydrogens (tertiary/aromatic N) is 3. The van der Waals surface area contributed by atoms with Gasteiger partial charge in [-0.05, 0) is 49.7 Å². The van der Waals surface area contributed by atoms with Gasteiger partial charge in [-0.25, -0.2) is 0 Å². The summed E-state index contributed by atoms with van der Waals surface area (Å²) in [7, 11) is 0. The van der Waals surface area contributed by atoms with Crippen molar-refractivity contribution in [2.75, 3.05) is 0 Å². The maximum absolute atomic E-state index is 12.7. The number of carbonyl (C=O) groups is 1. The summed E-state index contributed by atoms with van der Waals surface area (Å²) >= 11 is 13.7. The Hall–Kier alpha value is -2.80. The van der Waals surface area contributed by atoms with Gasteiger partial charge in [0.25, 0.3) is 5.91 Å². The largest absolute Gasteiger partial charge is 0.345 e. The van der Waals surface area contributed by atoms with E-state index in [1.807, 2.05) is 35.8 Å². The van der Waals surface area contributed by atoms with Crippen molar-refractivity contribution in [3.8, 4) is 5.69 Å². The third-order valence-corrected chi connectivity index (χ3v) is 6.57. The number of carbonyl (C=O) groups excluding carboxylic acids is 1. The first kappa shape index (κ1) is 23.4. The number of halogens is 2. The smallest absolute Gasteiger partial charge is 0.253 e. The molecular formula is C25H22Cl2N4OS. The molecule has 0 bridgehead atoms. The van der Waals surface area contributed by atoms with Gasteiger partial charge >= 0.3 is 0 Å².